The predicted octanol–water partition coefficient (Wildman–Crippen LogP) is 1.85. The second kappa shape index (κ2) is 5.79. The van der Waals surface area contributed by atoms with Crippen LogP contribution in [0.5, 0.6) is 17.2 Å². The molecule has 0 spiro atoms. The van der Waals surface area contributed by atoms with Crippen molar-refractivity contribution in [1.82, 2.24) is 10.3 Å². The standard InChI is InChI=1S/C15H16N2O3/c18-13-8-15-14(19-10-20-15)7-11(13)9-16-6-4-12-3-1-2-5-17-12/h1-3,5,7-8,16,18H,4,6,9-10H2. The maximum Gasteiger partial charge on any atom is 0.231 e. The zero-order chi connectivity index (χ0) is 13.8. The van der Waals surface area contributed by atoms with Crippen LogP contribution in [0.25, 0.3) is 0 Å². The highest BCUT2D eigenvalue weighted by Gasteiger charge is 2.16. The average Bonchev–Trinajstić information content (AvgIpc) is 2.91. The number of nitrogens with one attached hydrogen (secondary N) is 1. The highest BCUT2D eigenvalue weighted by molar-refractivity contribution is 5.51. The Hall–Kier alpha value is -2.27. The van der Waals surface area contributed by atoms with Crippen molar-refractivity contribution in [3.63, 3.8) is 0 Å². The van der Waals surface area contributed by atoms with E-state index in [0.717, 1.165) is 24.2 Å². The topological polar surface area (TPSA) is 63.6 Å². The van der Waals surface area contributed by atoms with Gasteiger partial charge in [0.15, 0.2) is 11.5 Å². The van der Waals surface area contributed by atoms with Crippen LogP contribution in [-0.4, -0.2) is 23.4 Å². The number of phenols is 1. The maximum absolute atomic E-state index is 9.90. The monoisotopic (exact) mass is 272 g/mol. The molecule has 0 bridgehead atoms. The lowest BCUT2D eigenvalue weighted by Gasteiger charge is -2.08. The van der Waals surface area contributed by atoms with Gasteiger partial charge in [-0.1, -0.05) is 6.07 Å². The molecule has 104 valence electrons. The summed E-state index contributed by atoms with van der Waals surface area (Å²) in [6, 6.07) is 9.29. The van der Waals surface area contributed by atoms with Crippen LogP contribution >= 0.6 is 0 Å². The number of phenolic OH excluding ortho intramolecular Hbond substituents is 1. The first-order valence-corrected chi connectivity index (χ1v) is 6.55. The Kier molecular flexibility index (Phi) is 3.69. The molecule has 3 rings (SSSR count). The number of aromatic nitrogens is 1. The van der Waals surface area contributed by atoms with Crippen molar-refractivity contribution >= 4 is 0 Å². The van der Waals surface area contributed by atoms with Crippen LogP contribution in [0, 0.1) is 0 Å². The molecule has 5 nitrogen and oxygen atoms in total. The van der Waals surface area contributed by atoms with Gasteiger partial charge < -0.3 is 19.9 Å². The molecular weight excluding hydrogens is 256 g/mol. The second-order valence-corrected chi connectivity index (χ2v) is 4.58. The summed E-state index contributed by atoms with van der Waals surface area (Å²) in [6.07, 6.45) is 2.64. The molecule has 0 saturated carbocycles. The molecule has 20 heavy (non-hydrogen) atoms. The molecule has 0 aliphatic carbocycles. The number of hydrogen-bond acceptors (Lipinski definition) is 5. The molecule has 1 aromatic carbocycles. The van der Waals surface area contributed by atoms with Gasteiger partial charge in [-0.2, -0.15) is 0 Å². The number of nitrogens with zero attached hydrogens (tertiary/aromatic N) is 1. The number of aromatic hydroxyl groups is 1. The van der Waals surface area contributed by atoms with Crippen LogP contribution in [0.15, 0.2) is 36.5 Å². The quantitative estimate of drug-likeness (QED) is 0.813. The van der Waals surface area contributed by atoms with Crippen molar-refractivity contribution in [2.75, 3.05) is 13.3 Å². The molecule has 0 atom stereocenters. The van der Waals surface area contributed by atoms with Crippen molar-refractivity contribution in [2.45, 2.75) is 13.0 Å². The van der Waals surface area contributed by atoms with Crippen molar-refractivity contribution in [3.8, 4) is 17.2 Å². The molecule has 1 aliphatic heterocycles. The average molecular weight is 272 g/mol. The van der Waals surface area contributed by atoms with Gasteiger partial charge in [-0.25, -0.2) is 0 Å². The van der Waals surface area contributed by atoms with E-state index in [1.54, 1.807) is 12.3 Å². The second-order valence-electron chi connectivity index (χ2n) is 4.58. The van der Waals surface area contributed by atoms with E-state index in [0.29, 0.717) is 18.0 Å². The van der Waals surface area contributed by atoms with E-state index in [2.05, 4.69) is 10.3 Å². The number of ether oxygens (including phenoxy) is 2. The summed E-state index contributed by atoms with van der Waals surface area (Å²) in [4.78, 5) is 4.26. The number of benzene rings is 1. The minimum atomic E-state index is 0.214. The van der Waals surface area contributed by atoms with E-state index in [1.807, 2.05) is 24.3 Å². The molecule has 2 heterocycles. The first-order valence-electron chi connectivity index (χ1n) is 6.55. The fraction of sp³-hybridized carbons (Fsp3) is 0.267. The van der Waals surface area contributed by atoms with E-state index >= 15 is 0 Å². The fourth-order valence-electron chi connectivity index (χ4n) is 2.10. The molecule has 0 fully saturated rings. The van der Waals surface area contributed by atoms with E-state index in [4.69, 9.17) is 9.47 Å². The Morgan fingerprint density at radius 2 is 2.05 bits per heavy atom. The molecule has 1 aliphatic rings. The van der Waals surface area contributed by atoms with Gasteiger partial charge in [0.2, 0.25) is 6.79 Å². The fourth-order valence-corrected chi connectivity index (χ4v) is 2.10. The summed E-state index contributed by atoms with van der Waals surface area (Å²) in [6.45, 7) is 1.59. The Bertz CT molecular complexity index is 587. The Morgan fingerprint density at radius 3 is 2.85 bits per heavy atom. The zero-order valence-corrected chi connectivity index (χ0v) is 11.0. The largest absolute Gasteiger partial charge is 0.507 e. The summed E-state index contributed by atoms with van der Waals surface area (Å²) in [5.41, 5.74) is 1.85. The van der Waals surface area contributed by atoms with Crippen molar-refractivity contribution in [3.05, 3.63) is 47.8 Å². The van der Waals surface area contributed by atoms with E-state index in [1.165, 1.54) is 0 Å². The molecule has 0 amide bonds. The van der Waals surface area contributed by atoms with Gasteiger partial charge in [-0.05, 0) is 18.2 Å². The van der Waals surface area contributed by atoms with Crippen LogP contribution in [0.1, 0.15) is 11.3 Å². The van der Waals surface area contributed by atoms with E-state index in [-0.39, 0.29) is 12.5 Å². The highest BCUT2D eigenvalue weighted by Crippen LogP contribution is 2.37. The summed E-state index contributed by atoms with van der Waals surface area (Å²) in [7, 11) is 0. The van der Waals surface area contributed by atoms with E-state index in [9.17, 15) is 5.11 Å². The zero-order valence-electron chi connectivity index (χ0n) is 11.0. The maximum atomic E-state index is 9.90. The third-order valence-corrected chi connectivity index (χ3v) is 3.17. The van der Waals surface area contributed by atoms with Crippen LogP contribution in [0.2, 0.25) is 0 Å². The van der Waals surface area contributed by atoms with Gasteiger partial charge in [-0.3, -0.25) is 4.98 Å². The summed E-state index contributed by atoms with van der Waals surface area (Å²) in [5, 5.41) is 13.2. The van der Waals surface area contributed by atoms with Gasteiger partial charge >= 0.3 is 0 Å². The summed E-state index contributed by atoms with van der Waals surface area (Å²) in [5.74, 6) is 1.50. The first-order chi connectivity index (χ1) is 9.83. The Morgan fingerprint density at radius 1 is 1.20 bits per heavy atom. The highest BCUT2D eigenvalue weighted by atomic mass is 16.7. The Balaban J connectivity index is 1.54. The van der Waals surface area contributed by atoms with Crippen LogP contribution in [0.4, 0.5) is 0 Å². The van der Waals surface area contributed by atoms with Gasteiger partial charge in [-0.15, -0.1) is 0 Å². The SMILES string of the molecule is Oc1cc2c(cc1CNCCc1ccccn1)OCO2. The van der Waals surface area contributed by atoms with E-state index < -0.39 is 0 Å². The molecule has 0 unspecified atom stereocenters. The number of fused-ring (bicyclic) bond motifs is 1. The summed E-state index contributed by atoms with van der Waals surface area (Å²) >= 11 is 0. The normalized spacial score (nSPS) is 12.6. The third kappa shape index (κ3) is 2.83. The van der Waals surface area contributed by atoms with Crippen molar-refractivity contribution in [1.29, 1.82) is 0 Å². The van der Waals surface area contributed by atoms with Crippen molar-refractivity contribution < 1.29 is 14.6 Å². The molecule has 2 aromatic rings. The van der Waals surface area contributed by atoms with Gasteiger partial charge in [0.05, 0.1) is 0 Å². The molecule has 5 heteroatoms. The lowest BCUT2D eigenvalue weighted by molar-refractivity contribution is 0.174. The van der Waals surface area contributed by atoms with Crippen molar-refractivity contribution in [2.24, 2.45) is 0 Å². The molecule has 0 radical (unpaired) electrons. The number of hydrogen-bond donors (Lipinski definition) is 2. The lowest BCUT2D eigenvalue weighted by atomic mass is 10.1. The smallest absolute Gasteiger partial charge is 0.231 e. The van der Waals surface area contributed by atoms with Crippen LogP contribution in [0.3, 0.4) is 0 Å². The lowest BCUT2D eigenvalue weighted by Crippen LogP contribution is -2.17. The van der Waals surface area contributed by atoms with Gasteiger partial charge in [0.25, 0.3) is 0 Å². The summed E-state index contributed by atoms with van der Waals surface area (Å²) < 4.78 is 10.5. The molecular formula is C15H16N2O3. The first kappa shape index (κ1) is 12.7. The van der Waals surface area contributed by atoms with Gasteiger partial charge in [0, 0.05) is 43.0 Å². The van der Waals surface area contributed by atoms with Crippen LogP contribution < -0.4 is 14.8 Å². The minimum Gasteiger partial charge on any atom is -0.507 e. The van der Waals surface area contributed by atoms with Gasteiger partial charge in [0.1, 0.15) is 5.75 Å². The third-order valence-electron chi connectivity index (χ3n) is 3.17. The number of rotatable bonds is 5. The minimum absolute atomic E-state index is 0.214. The molecule has 0 saturated heterocycles. The number of pyridine rings is 1. The Labute approximate surface area is 117 Å². The molecule has 2 N–H and O–H groups in total. The predicted molar refractivity (Wildman–Crippen MR) is 73.9 cm³/mol. The molecule has 1 aromatic heterocycles. The van der Waals surface area contributed by atoms with Crippen LogP contribution in [-0.2, 0) is 13.0 Å².